The number of hydrogen-bond acceptors (Lipinski definition) is 6. The Balaban J connectivity index is 0.00000196. The van der Waals surface area contributed by atoms with Crippen LogP contribution in [0.15, 0.2) is 17.3 Å². The maximum absolute atomic E-state index is 9.08. The highest BCUT2D eigenvalue weighted by Gasteiger charge is 2.20. The number of aliphatic hydroxyl groups excluding tert-OH is 1. The summed E-state index contributed by atoms with van der Waals surface area (Å²) in [7, 11) is 1.73. The minimum Gasteiger partial charge on any atom is -0.395 e. The van der Waals surface area contributed by atoms with Crippen molar-refractivity contribution in [2.24, 2.45) is 0 Å². The summed E-state index contributed by atoms with van der Waals surface area (Å²) in [6.07, 6.45) is 1.03. The summed E-state index contributed by atoms with van der Waals surface area (Å²) >= 11 is 8.26. The van der Waals surface area contributed by atoms with Gasteiger partial charge in [-0.15, -0.1) is 24.8 Å². The molecule has 6 nitrogen and oxygen atoms in total. The molecular formula is C18H29Cl3N4O2S. The highest BCUT2D eigenvalue weighted by atomic mass is 35.5. The number of benzene rings is 1. The average molecular weight is 472 g/mol. The van der Waals surface area contributed by atoms with E-state index in [0.29, 0.717) is 11.9 Å². The second kappa shape index (κ2) is 12.3. The van der Waals surface area contributed by atoms with Crippen molar-refractivity contribution < 1.29 is 9.84 Å². The van der Waals surface area contributed by atoms with E-state index in [4.69, 9.17) is 21.4 Å². The Labute approximate surface area is 188 Å². The molecule has 2 N–H and O–H groups in total. The van der Waals surface area contributed by atoms with Crippen molar-refractivity contribution in [3.63, 3.8) is 0 Å². The van der Waals surface area contributed by atoms with Crippen LogP contribution >= 0.6 is 48.2 Å². The minimum atomic E-state index is 0. The minimum absolute atomic E-state index is 0. The van der Waals surface area contributed by atoms with Crippen LogP contribution < -0.4 is 4.90 Å². The van der Waals surface area contributed by atoms with Gasteiger partial charge in [-0.3, -0.25) is 4.90 Å². The second-order valence-electron chi connectivity index (χ2n) is 6.52. The van der Waals surface area contributed by atoms with Crippen LogP contribution in [0.5, 0.6) is 0 Å². The number of nitrogens with one attached hydrogen (secondary N) is 1. The molecule has 3 rings (SSSR count). The van der Waals surface area contributed by atoms with Crippen LogP contribution in [-0.4, -0.2) is 78.3 Å². The zero-order valence-electron chi connectivity index (χ0n) is 16.2. The SMILES string of the molecule is CCC(COC)Sc1nc2cc(Cl)c(N3CCN(CCO)CC3)cc2[nH]1.Cl.Cl. The maximum atomic E-state index is 9.08. The number of thioether (sulfide) groups is 1. The highest BCUT2D eigenvalue weighted by molar-refractivity contribution is 7.99. The summed E-state index contributed by atoms with van der Waals surface area (Å²) in [6.45, 7) is 7.51. The molecule has 0 amide bonds. The second-order valence-corrected chi connectivity index (χ2v) is 8.21. The van der Waals surface area contributed by atoms with Crippen LogP contribution in [0.25, 0.3) is 11.0 Å². The van der Waals surface area contributed by atoms with Gasteiger partial charge >= 0.3 is 0 Å². The van der Waals surface area contributed by atoms with E-state index in [1.807, 2.05) is 6.07 Å². The number of aromatic nitrogens is 2. The third-order valence-corrected chi connectivity index (χ3v) is 6.27. The van der Waals surface area contributed by atoms with Gasteiger partial charge < -0.3 is 19.7 Å². The predicted octanol–water partition coefficient (Wildman–Crippen LogP) is 3.69. The van der Waals surface area contributed by atoms with Crippen LogP contribution in [0.3, 0.4) is 0 Å². The Morgan fingerprint density at radius 3 is 2.61 bits per heavy atom. The van der Waals surface area contributed by atoms with E-state index in [2.05, 4.69) is 32.8 Å². The van der Waals surface area contributed by atoms with Crippen molar-refractivity contribution in [2.75, 3.05) is 57.9 Å². The number of imidazole rings is 1. The van der Waals surface area contributed by atoms with Gasteiger partial charge in [0.2, 0.25) is 0 Å². The summed E-state index contributed by atoms with van der Waals surface area (Å²) in [5.41, 5.74) is 2.95. The van der Waals surface area contributed by atoms with Gasteiger partial charge in [0.15, 0.2) is 5.16 Å². The van der Waals surface area contributed by atoms with E-state index < -0.39 is 0 Å². The van der Waals surface area contributed by atoms with E-state index in [1.54, 1.807) is 18.9 Å². The van der Waals surface area contributed by atoms with Crippen LogP contribution in [0, 0.1) is 0 Å². The van der Waals surface area contributed by atoms with Crippen molar-refractivity contribution in [1.82, 2.24) is 14.9 Å². The van der Waals surface area contributed by atoms with E-state index in [9.17, 15) is 0 Å². The lowest BCUT2D eigenvalue weighted by molar-refractivity contribution is 0.189. The fourth-order valence-electron chi connectivity index (χ4n) is 3.23. The number of methoxy groups -OCH3 is 1. The molecule has 2 aromatic rings. The number of β-amino-alcohol motifs (C(OH)–C–C–N with tert-alkyl or cyclic N) is 1. The van der Waals surface area contributed by atoms with E-state index in [-0.39, 0.29) is 31.4 Å². The van der Waals surface area contributed by atoms with Crippen LogP contribution in [0.1, 0.15) is 13.3 Å². The largest absolute Gasteiger partial charge is 0.395 e. The van der Waals surface area contributed by atoms with E-state index in [1.165, 1.54) is 0 Å². The summed E-state index contributed by atoms with van der Waals surface area (Å²) in [4.78, 5) is 12.7. The van der Waals surface area contributed by atoms with Crippen molar-refractivity contribution in [2.45, 2.75) is 23.8 Å². The molecule has 1 aromatic heterocycles. The Bertz CT molecular complexity index is 726. The zero-order chi connectivity index (χ0) is 18.5. The molecule has 0 spiro atoms. The Morgan fingerprint density at radius 1 is 1.29 bits per heavy atom. The predicted molar refractivity (Wildman–Crippen MR) is 123 cm³/mol. The number of halogens is 3. The standard InChI is InChI=1S/C18H27ClN4O2S.2ClH/c1-3-13(12-25-2)26-18-20-15-10-14(19)17(11-16(15)21-18)23-6-4-22(5-7-23)8-9-24;;/h10-11,13,24H,3-9,12H2,1-2H3,(H,20,21);2*1H. The molecule has 1 fully saturated rings. The topological polar surface area (TPSA) is 64.6 Å². The fourth-order valence-corrected chi connectivity index (χ4v) is 4.51. The molecular weight excluding hydrogens is 443 g/mol. The zero-order valence-corrected chi connectivity index (χ0v) is 19.4. The third-order valence-electron chi connectivity index (χ3n) is 4.74. The van der Waals surface area contributed by atoms with Crippen molar-refractivity contribution >= 4 is 64.9 Å². The number of rotatable bonds is 8. The number of piperazine rings is 1. The molecule has 1 aromatic carbocycles. The van der Waals surface area contributed by atoms with Crippen molar-refractivity contribution in [3.8, 4) is 0 Å². The molecule has 0 bridgehead atoms. The number of ether oxygens (including phenoxy) is 1. The smallest absolute Gasteiger partial charge is 0.166 e. The molecule has 1 unspecified atom stereocenters. The Morgan fingerprint density at radius 2 is 2.00 bits per heavy atom. The monoisotopic (exact) mass is 470 g/mol. The first kappa shape index (κ1) is 25.6. The van der Waals surface area contributed by atoms with Gasteiger partial charge in [-0.25, -0.2) is 4.98 Å². The number of aliphatic hydroxyl groups is 1. The number of fused-ring (bicyclic) bond motifs is 1. The first-order valence-corrected chi connectivity index (χ1v) is 10.3. The molecule has 2 heterocycles. The first-order valence-electron chi connectivity index (χ1n) is 9.07. The summed E-state index contributed by atoms with van der Waals surface area (Å²) in [6, 6.07) is 4.05. The van der Waals surface area contributed by atoms with Gasteiger partial charge in [0.05, 0.1) is 35.0 Å². The first-order chi connectivity index (χ1) is 12.6. The van der Waals surface area contributed by atoms with Gasteiger partial charge in [-0.1, -0.05) is 30.3 Å². The van der Waals surface area contributed by atoms with Gasteiger partial charge in [-0.2, -0.15) is 0 Å². The molecule has 28 heavy (non-hydrogen) atoms. The summed E-state index contributed by atoms with van der Waals surface area (Å²) < 4.78 is 5.27. The summed E-state index contributed by atoms with van der Waals surface area (Å²) in [5, 5.41) is 11.1. The van der Waals surface area contributed by atoms with Gasteiger partial charge in [0.25, 0.3) is 0 Å². The van der Waals surface area contributed by atoms with Crippen LogP contribution in [-0.2, 0) is 4.74 Å². The third kappa shape index (κ3) is 6.29. The number of hydrogen-bond donors (Lipinski definition) is 2. The molecule has 160 valence electrons. The van der Waals surface area contributed by atoms with E-state index >= 15 is 0 Å². The summed E-state index contributed by atoms with van der Waals surface area (Å²) in [5.74, 6) is 0. The molecule has 1 aliphatic rings. The highest BCUT2D eigenvalue weighted by Crippen LogP contribution is 2.33. The van der Waals surface area contributed by atoms with Crippen LogP contribution in [0.2, 0.25) is 5.02 Å². The molecule has 1 atom stereocenters. The average Bonchev–Trinajstić information content (AvgIpc) is 3.02. The number of nitrogens with zero attached hydrogens (tertiary/aromatic N) is 3. The lowest BCUT2D eigenvalue weighted by Crippen LogP contribution is -2.47. The molecule has 1 aliphatic heterocycles. The van der Waals surface area contributed by atoms with Crippen LogP contribution in [0.4, 0.5) is 5.69 Å². The van der Waals surface area contributed by atoms with Crippen molar-refractivity contribution in [3.05, 3.63) is 17.2 Å². The lowest BCUT2D eigenvalue weighted by Gasteiger charge is -2.36. The quantitative estimate of drug-likeness (QED) is 0.573. The number of aromatic amines is 1. The lowest BCUT2D eigenvalue weighted by atomic mass is 10.2. The normalized spacial score (nSPS) is 15.9. The van der Waals surface area contributed by atoms with Gasteiger partial charge in [0.1, 0.15) is 0 Å². The Kier molecular flexibility index (Phi) is 11.3. The Hall–Kier alpha value is -0.410. The molecule has 0 saturated carbocycles. The number of anilines is 1. The van der Waals surface area contributed by atoms with Gasteiger partial charge in [0, 0.05) is 45.1 Å². The molecule has 0 radical (unpaired) electrons. The molecule has 10 heteroatoms. The maximum Gasteiger partial charge on any atom is 0.166 e. The fraction of sp³-hybridized carbons (Fsp3) is 0.611. The van der Waals surface area contributed by atoms with Gasteiger partial charge in [-0.05, 0) is 18.6 Å². The van der Waals surface area contributed by atoms with Crippen molar-refractivity contribution in [1.29, 1.82) is 0 Å². The number of H-pyrrole nitrogens is 1. The van der Waals surface area contributed by atoms with E-state index in [0.717, 1.165) is 66.0 Å². The molecule has 0 aliphatic carbocycles. The molecule has 1 saturated heterocycles.